The van der Waals surface area contributed by atoms with Crippen molar-refractivity contribution in [3.63, 3.8) is 0 Å². The van der Waals surface area contributed by atoms with Crippen molar-refractivity contribution in [1.82, 2.24) is 10.2 Å². The largest absolute Gasteiger partial charge is 0.450 e. The van der Waals surface area contributed by atoms with Gasteiger partial charge in [0.25, 0.3) is 5.91 Å². The lowest BCUT2D eigenvalue weighted by atomic mass is 10.1. The number of imide groups is 1. The number of nitrogens with zero attached hydrogens (tertiary/aromatic N) is 1. The van der Waals surface area contributed by atoms with E-state index in [1.807, 2.05) is 13.8 Å². The highest BCUT2D eigenvalue weighted by atomic mass is 16.6. The summed E-state index contributed by atoms with van der Waals surface area (Å²) in [4.78, 5) is 37.3. The van der Waals surface area contributed by atoms with Crippen molar-refractivity contribution in [2.75, 3.05) is 19.8 Å². The van der Waals surface area contributed by atoms with Gasteiger partial charge in [0.1, 0.15) is 0 Å². The Morgan fingerprint density at radius 2 is 1.76 bits per heavy atom. The van der Waals surface area contributed by atoms with Crippen molar-refractivity contribution in [1.29, 1.82) is 0 Å². The lowest BCUT2D eigenvalue weighted by Gasteiger charge is -2.29. The van der Waals surface area contributed by atoms with Crippen molar-refractivity contribution in [3.8, 4) is 0 Å². The summed E-state index contributed by atoms with van der Waals surface area (Å²) in [5.41, 5.74) is 0.265. The monoisotopic (exact) mass is 356 g/mol. The minimum atomic E-state index is -0.681. The third kappa shape index (κ3) is 9.12. The fourth-order valence-corrected chi connectivity index (χ4v) is 2.23. The van der Waals surface area contributed by atoms with Gasteiger partial charge in [0.2, 0.25) is 0 Å². The molecular weight excluding hydrogens is 324 g/mol. The van der Waals surface area contributed by atoms with E-state index in [1.54, 1.807) is 13.8 Å². The molecule has 0 aromatic heterocycles. The predicted molar refractivity (Wildman–Crippen MR) is 96.3 cm³/mol. The van der Waals surface area contributed by atoms with Gasteiger partial charge in [0.05, 0.1) is 13.2 Å². The Hall–Kier alpha value is -2.05. The quantitative estimate of drug-likeness (QED) is 0.451. The van der Waals surface area contributed by atoms with Crippen LogP contribution in [0.2, 0.25) is 0 Å². The highest BCUT2D eigenvalue weighted by molar-refractivity contribution is 6.01. The maximum Gasteiger partial charge on any atom is 0.417 e. The summed E-state index contributed by atoms with van der Waals surface area (Å²) in [6, 6.07) is -0.371. The Labute approximate surface area is 150 Å². The normalized spacial score (nSPS) is 11.4. The lowest BCUT2D eigenvalue weighted by Crippen LogP contribution is -2.46. The van der Waals surface area contributed by atoms with Gasteiger partial charge >= 0.3 is 12.2 Å². The molecule has 3 amide bonds. The molecule has 1 N–H and O–H groups in total. The zero-order chi connectivity index (χ0) is 19.2. The predicted octanol–water partition coefficient (Wildman–Crippen LogP) is 3.63. The summed E-state index contributed by atoms with van der Waals surface area (Å²) in [6.07, 6.45) is 2.42. The smallest absolute Gasteiger partial charge is 0.417 e. The fourth-order valence-electron chi connectivity index (χ4n) is 2.23. The van der Waals surface area contributed by atoms with Crippen molar-refractivity contribution < 1.29 is 23.9 Å². The van der Waals surface area contributed by atoms with Crippen LogP contribution >= 0.6 is 0 Å². The van der Waals surface area contributed by atoms with E-state index in [4.69, 9.17) is 9.47 Å². The molecule has 0 fully saturated rings. The van der Waals surface area contributed by atoms with Gasteiger partial charge in [0, 0.05) is 18.2 Å². The Kier molecular flexibility index (Phi) is 12.2. The zero-order valence-corrected chi connectivity index (χ0v) is 15.9. The first-order valence-corrected chi connectivity index (χ1v) is 8.95. The molecule has 7 nitrogen and oxygen atoms in total. The summed E-state index contributed by atoms with van der Waals surface area (Å²) in [6.45, 7) is 11.7. The number of carbonyl (C=O) groups is 3. The highest BCUT2D eigenvalue weighted by Crippen LogP contribution is 2.16. The van der Waals surface area contributed by atoms with Gasteiger partial charge in [-0.15, -0.1) is 0 Å². The third-order valence-electron chi connectivity index (χ3n) is 3.51. The third-order valence-corrected chi connectivity index (χ3v) is 3.51. The van der Waals surface area contributed by atoms with Crippen LogP contribution in [0, 0.1) is 0 Å². The van der Waals surface area contributed by atoms with E-state index in [9.17, 15) is 14.4 Å². The van der Waals surface area contributed by atoms with E-state index in [-0.39, 0.29) is 18.2 Å². The molecule has 0 bridgehead atoms. The average Bonchev–Trinajstić information content (AvgIpc) is 2.55. The van der Waals surface area contributed by atoms with Gasteiger partial charge in [0.15, 0.2) is 0 Å². The Balaban J connectivity index is 4.82. The van der Waals surface area contributed by atoms with Crippen molar-refractivity contribution in [2.45, 2.75) is 65.8 Å². The van der Waals surface area contributed by atoms with Gasteiger partial charge < -0.3 is 14.8 Å². The number of amides is 3. The van der Waals surface area contributed by atoms with Gasteiger partial charge in [-0.2, -0.15) is 0 Å². The first-order chi connectivity index (χ1) is 11.9. The number of hydrogen-bond acceptors (Lipinski definition) is 5. The molecular formula is C18H32N2O5. The zero-order valence-electron chi connectivity index (χ0n) is 15.9. The second kappa shape index (κ2) is 13.3. The Morgan fingerprint density at radius 3 is 2.28 bits per heavy atom. The first-order valence-electron chi connectivity index (χ1n) is 8.95. The second-order valence-corrected chi connectivity index (χ2v) is 5.80. The summed E-state index contributed by atoms with van der Waals surface area (Å²) in [7, 11) is 0. The molecule has 0 aromatic rings. The van der Waals surface area contributed by atoms with Crippen LogP contribution in [0.3, 0.4) is 0 Å². The van der Waals surface area contributed by atoms with Crippen molar-refractivity contribution in [2.24, 2.45) is 0 Å². The summed E-state index contributed by atoms with van der Waals surface area (Å²) >= 11 is 0. The van der Waals surface area contributed by atoms with Crippen LogP contribution < -0.4 is 5.32 Å². The number of alkyl carbamates (subject to hydrolysis) is 1. The molecule has 144 valence electrons. The van der Waals surface area contributed by atoms with E-state index in [0.717, 1.165) is 24.2 Å². The molecule has 25 heavy (non-hydrogen) atoms. The average molecular weight is 356 g/mol. The van der Waals surface area contributed by atoms with Gasteiger partial charge in [-0.05, 0) is 33.1 Å². The highest BCUT2D eigenvalue weighted by Gasteiger charge is 2.30. The van der Waals surface area contributed by atoms with E-state index in [0.29, 0.717) is 26.0 Å². The topological polar surface area (TPSA) is 84.9 Å². The summed E-state index contributed by atoms with van der Waals surface area (Å²) in [5, 5.41) is 2.65. The van der Waals surface area contributed by atoms with Gasteiger partial charge in [-0.25, -0.2) is 14.5 Å². The van der Waals surface area contributed by atoms with Crippen LogP contribution in [0.5, 0.6) is 0 Å². The van der Waals surface area contributed by atoms with Crippen LogP contribution in [-0.2, 0) is 14.3 Å². The van der Waals surface area contributed by atoms with E-state index in [2.05, 4.69) is 11.9 Å². The van der Waals surface area contributed by atoms with Crippen LogP contribution in [0.15, 0.2) is 12.2 Å². The Bertz CT molecular complexity index is 451. The number of nitrogens with one attached hydrogen (secondary N) is 1. The lowest BCUT2D eigenvalue weighted by molar-refractivity contribution is -0.127. The molecule has 7 heteroatoms. The number of hydrogen-bond donors (Lipinski definition) is 1. The molecule has 0 spiro atoms. The summed E-state index contributed by atoms with van der Waals surface area (Å²) in [5.74, 6) is -0.456. The molecule has 1 unspecified atom stereocenters. The van der Waals surface area contributed by atoms with E-state index < -0.39 is 18.1 Å². The number of ether oxygens (including phenoxy) is 2. The molecule has 0 aliphatic heterocycles. The molecule has 0 aliphatic carbocycles. The van der Waals surface area contributed by atoms with E-state index in [1.165, 1.54) is 0 Å². The molecule has 0 aromatic carbocycles. The number of rotatable bonds is 11. The maximum atomic E-state index is 12.4. The number of carbonyl (C=O) groups excluding carboxylic acids is 3. The molecule has 0 saturated heterocycles. The fraction of sp³-hybridized carbons (Fsp3) is 0.722. The first kappa shape index (κ1) is 22.9. The van der Waals surface area contributed by atoms with Crippen LogP contribution in [0.4, 0.5) is 9.59 Å². The summed E-state index contributed by atoms with van der Waals surface area (Å²) < 4.78 is 10.0. The van der Waals surface area contributed by atoms with Crippen LogP contribution in [0.1, 0.15) is 59.8 Å². The standard InChI is InChI=1S/C18H32N2O5/c1-6-9-13-25-17(22)19-12-11-15(10-7-2)20(16(21)14(4)5)18(23)24-8-3/h15H,4,6-13H2,1-3,5H3,(H,19,22). The Morgan fingerprint density at radius 1 is 1.08 bits per heavy atom. The van der Waals surface area contributed by atoms with Crippen LogP contribution in [-0.4, -0.2) is 48.8 Å². The van der Waals surface area contributed by atoms with Crippen molar-refractivity contribution >= 4 is 18.1 Å². The SMILES string of the molecule is C=C(C)C(=O)N(C(=O)OCC)C(CCC)CCNC(=O)OCCCC. The second-order valence-electron chi connectivity index (χ2n) is 5.80. The van der Waals surface area contributed by atoms with Crippen LogP contribution in [0.25, 0.3) is 0 Å². The van der Waals surface area contributed by atoms with Crippen molar-refractivity contribution in [3.05, 3.63) is 12.2 Å². The van der Waals surface area contributed by atoms with E-state index >= 15 is 0 Å². The minimum Gasteiger partial charge on any atom is -0.450 e. The molecule has 0 rings (SSSR count). The molecule has 0 saturated carbocycles. The molecule has 0 heterocycles. The maximum absolute atomic E-state index is 12.4. The molecule has 0 aliphatic rings. The van der Waals surface area contributed by atoms with Gasteiger partial charge in [-0.3, -0.25) is 4.79 Å². The van der Waals surface area contributed by atoms with Gasteiger partial charge in [-0.1, -0.05) is 33.3 Å². The number of unbranched alkanes of at least 4 members (excludes halogenated alkanes) is 1. The molecule has 1 atom stereocenters. The molecule has 0 radical (unpaired) electrons. The minimum absolute atomic E-state index is 0.180.